The van der Waals surface area contributed by atoms with E-state index in [-0.39, 0.29) is 23.0 Å². The van der Waals surface area contributed by atoms with E-state index < -0.39 is 10.0 Å². The molecule has 136 valence electrons. The van der Waals surface area contributed by atoms with Gasteiger partial charge in [-0.2, -0.15) is 5.10 Å². The van der Waals surface area contributed by atoms with E-state index in [2.05, 4.69) is 15.1 Å². The summed E-state index contributed by atoms with van der Waals surface area (Å²) in [5, 5.41) is 7.05. The van der Waals surface area contributed by atoms with Crippen molar-refractivity contribution in [2.75, 3.05) is 7.05 Å². The van der Waals surface area contributed by atoms with Crippen LogP contribution >= 0.6 is 0 Å². The summed E-state index contributed by atoms with van der Waals surface area (Å²) in [6, 6.07) is 11.0. The largest absolute Gasteiger partial charge is 0.347 e. The minimum atomic E-state index is -3.59. The van der Waals surface area contributed by atoms with E-state index in [0.29, 0.717) is 0 Å². The fourth-order valence-corrected chi connectivity index (χ4v) is 3.27. The Labute approximate surface area is 151 Å². The highest BCUT2D eigenvalue weighted by Crippen LogP contribution is 2.13. The van der Waals surface area contributed by atoms with Gasteiger partial charge in [-0.25, -0.2) is 17.8 Å². The molecule has 0 spiro atoms. The zero-order chi connectivity index (χ0) is 18.7. The lowest BCUT2D eigenvalue weighted by Crippen LogP contribution is -2.24. The molecular formula is C17H19N5O3S. The predicted molar refractivity (Wildman–Crippen MR) is 96.4 cm³/mol. The van der Waals surface area contributed by atoms with Gasteiger partial charge in [0.25, 0.3) is 5.91 Å². The molecule has 1 aromatic carbocycles. The molecule has 0 saturated carbocycles. The van der Waals surface area contributed by atoms with Crippen LogP contribution in [0.2, 0.25) is 0 Å². The molecule has 0 bridgehead atoms. The number of nitrogens with one attached hydrogen (secondary N) is 2. The summed E-state index contributed by atoms with van der Waals surface area (Å²) >= 11 is 0. The van der Waals surface area contributed by atoms with Crippen LogP contribution in [0.1, 0.15) is 16.1 Å². The van der Waals surface area contributed by atoms with Crippen molar-refractivity contribution in [3.63, 3.8) is 0 Å². The van der Waals surface area contributed by atoms with Gasteiger partial charge in [0.1, 0.15) is 10.6 Å². The number of benzene rings is 1. The second-order valence-electron chi connectivity index (χ2n) is 5.69. The van der Waals surface area contributed by atoms with E-state index in [0.717, 1.165) is 11.3 Å². The van der Waals surface area contributed by atoms with E-state index >= 15 is 0 Å². The Morgan fingerprint density at radius 1 is 1.19 bits per heavy atom. The summed E-state index contributed by atoms with van der Waals surface area (Å²) < 4.78 is 29.1. The van der Waals surface area contributed by atoms with Crippen molar-refractivity contribution in [2.24, 2.45) is 7.05 Å². The average Bonchev–Trinajstić information content (AvgIpc) is 3.27. The molecule has 2 heterocycles. The minimum absolute atomic E-state index is 0.0459. The van der Waals surface area contributed by atoms with E-state index in [1.807, 2.05) is 36.5 Å². The number of sulfonamides is 1. The van der Waals surface area contributed by atoms with Crippen LogP contribution in [0.4, 0.5) is 0 Å². The summed E-state index contributed by atoms with van der Waals surface area (Å²) in [6.07, 6.45) is 4.90. The summed E-state index contributed by atoms with van der Waals surface area (Å²) in [4.78, 5) is 12.4. The molecular weight excluding hydrogens is 354 g/mol. The average molecular weight is 373 g/mol. The Bertz CT molecular complexity index is 1020. The SMILES string of the molecule is CNS(=O)(=O)c1cc(C(=O)NCc2cnn(-c3ccccc3)c2)n(C)c1. The van der Waals surface area contributed by atoms with Gasteiger partial charge in [-0.1, -0.05) is 18.2 Å². The molecule has 3 rings (SSSR count). The Balaban J connectivity index is 1.69. The van der Waals surface area contributed by atoms with Gasteiger partial charge >= 0.3 is 0 Å². The zero-order valence-electron chi connectivity index (χ0n) is 14.4. The number of hydrogen-bond donors (Lipinski definition) is 2. The number of nitrogens with zero attached hydrogens (tertiary/aromatic N) is 3. The molecule has 0 saturated heterocycles. The Kier molecular flexibility index (Phi) is 4.92. The predicted octanol–water partition coefficient (Wildman–Crippen LogP) is 1.05. The van der Waals surface area contributed by atoms with Crippen molar-refractivity contribution in [2.45, 2.75) is 11.4 Å². The Hall–Kier alpha value is -2.91. The lowest BCUT2D eigenvalue weighted by molar-refractivity contribution is 0.0943. The topological polar surface area (TPSA) is 98.0 Å². The van der Waals surface area contributed by atoms with E-state index in [1.54, 1.807) is 17.9 Å². The maximum atomic E-state index is 12.4. The van der Waals surface area contributed by atoms with Crippen molar-refractivity contribution in [3.05, 3.63) is 66.2 Å². The quantitative estimate of drug-likeness (QED) is 0.675. The van der Waals surface area contributed by atoms with Crippen LogP contribution in [-0.2, 0) is 23.6 Å². The van der Waals surface area contributed by atoms with Gasteiger partial charge in [-0.05, 0) is 25.2 Å². The molecule has 0 aliphatic rings. The summed E-state index contributed by atoms with van der Waals surface area (Å²) in [5.74, 6) is -0.363. The van der Waals surface area contributed by atoms with Gasteiger partial charge in [0.05, 0.1) is 11.9 Å². The number of carbonyl (C=O) groups excluding carboxylic acids is 1. The maximum Gasteiger partial charge on any atom is 0.268 e. The number of hydrogen-bond acceptors (Lipinski definition) is 4. The van der Waals surface area contributed by atoms with Gasteiger partial charge in [0, 0.05) is 31.5 Å². The third-order valence-electron chi connectivity index (χ3n) is 3.90. The summed E-state index contributed by atoms with van der Waals surface area (Å²) in [7, 11) is -0.644. The van der Waals surface area contributed by atoms with E-state index in [1.165, 1.54) is 23.9 Å². The van der Waals surface area contributed by atoms with Crippen molar-refractivity contribution < 1.29 is 13.2 Å². The van der Waals surface area contributed by atoms with Gasteiger partial charge in [-0.3, -0.25) is 4.79 Å². The molecule has 8 nitrogen and oxygen atoms in total. The molecule has 0 atom stereocenters. The third-order valence-corrected chi connectivity index (χ3v) is 5.28. The van der Waals surface area contributed by atoms with E-state index in [4.69, 9.17) is 0 Å². The first-order valence-electron chi connectivity index (χ1n) is 7.88. The van der Waals surface area contributed by atoms with Gasteiger partial charge < -0.3 is 9.88 Å². The smallest absolute Gasteiger partial charge is 0.268 e. The lowest BCUT2D eigenvalue weighted by atomic mass is 10.3. The molecule has 2 N–H and O–H groups in total. The van der Waals surface area contributed by atoms with Crippen LogP contribution in [-0.4, -0.2) is 35.7 Å². The molecule has 0 fully saturated rings. The van der Waals surface area contributed by atoms with Crippen molar-refractivity contribution >= 4 is 15.9 Å². The molecule has 1 amide bonds. The molecule has 0 unspecified atom stereocenters. The van der Waals surface area contributed by atoms with Crippen LogP contribution in [0.3, 0.4) is 0 Å². The number of aromatic nitrogens is 3. The standard InChI is InChI=1S/C17H19N5O3S/c1-18-26(24,25)15-8-16(21(2)12-15)17(23)19-9-13-10-20-22(11-13)14-6-4-3-5-7-14/h3-8,10-12,18H,9H2,1-2H3,(H,19,23). The number of aryl methyl sites for hydroxylation is 1. The molecule has 9 heteroatoms. The first kappa shape index (κ1) is 17.9. The maximum absolute atomic E-state index is 12.4. The molecule has 26 heavy (non-hydrogen) atoms. The van der Waals surface area contributed by atoms with Gasteiger partial charge in [0.2, 0.25) is 10.0 Å². The van der Waals surface area contributed by atoms with E-state index in [9.17, 15) is 13.2 Å². The second kappa shape index (κ2) is 7.14. The van der Waals surface area contributed by atoms with Gasteiger partial charge in [-0.15, -0.1) is 0 Å². The molecule has 2 aromatic heterocycles. The van der Waals surface area contributed by atoms with Crippen LogP contribution < -0.4 is 10.0 Å². The van der Waals surface area contributed by atoms with Crippen LogP contribution in [0.5, 0.6) is 0 Å². The summed E-state index contributed by atoms with van der Waals surface area (Å²) in [6.45, 7) is 0.283. The highest BCUT2D eigenvalue weighted by atomic mass is 32.2. The molecule has 0 radical (unpaired) electrons. The van der Waals surface area contributed by atoms with Gasteiger partial charge in [0.15, 0.2) is 0 Å². The second-order valence-corrected chi connectivity index (χ2v) is 7.58. The fourth-order valence-electron chi connectivity index (χ4n) is 2.47. The first-order chi connectivity index (χ1) is 12.4. The molecule has 0 aliphatic heterocycles. The number of rotatable bonds is 6. The summed E-state index contributed by atoms with van der Waals surface area (Å²) in [5.41, 5.74) is 2.02. The van der Waals surface area contributed by atoms with Crippen LogP contribution in [0.25, 0.3) is 5.69 Å². The Morgan fingerprint density at radius 2 is 1.92 bits per heavy atom. The van der Waals surface area contributed by atoms with Crippen molar-refractivity contribution in [3.8, 4) is 5.69 Å². The van der Waals surface area contributed by atoms with Crippen LogP contribution in [0, 0.1) is 0 Å². The lowest BCUT2D eigenvalue weighted by Gasteiger charge is -2.04. The highest BCUT2D eigenvalue weighted by Gasteiger charge is 2.19. The zero-order valence-corrected chi connectivity index (χ0v) is 15.2. The monoisotopic (exact) mass is 373 g/mol. The van der Waals surface area contributed by atoms with Crippen LogP contribution in [0.15, 0.2) is 59.9 Å². The minimum Gasteiger partial charge on any atom is -0.347 e. The number of amides is 1. The van der Waals surface area contributed by atoms with Crippen molar-refractivity contribution in [1.29, 1.82) is 0 Å². The molecule has 3 aromatic rings. The first-order valence-corrected chi connectivity index (χ1v) is 9.36. The fraction of sp³-hybridized carbons (Fsp3) is 0.176. The number of para-hydroxylation sites is 1. The molecule has 0 aliphatic carbocycles. The third kappa shape index (κ3) is 3.68. The normalized spacial score (nSPS) is 11.5. The highest BCUT2D eigenvalue weighted by molar-refractivity contribution is 7.89. The van der Waals surface area contributed by atoms with Crippen molar-refractivity contribution in [1.82, 2.24) is 24.4 Å². The number of carbonyl (C=O) groups is 1. The Morgan fingerprint density at radius 3 is 2.62 bits per heavy atom.